The van der Waals surface area contributed by atoms with E-state index in [-0.39, 0.29) is 11.7 Å². The molecule has 0 aromatic heterocycles. The number of benzene rings is 1. The van der Waals surface area contributed by atoms with Crippen molar-refractivity contribution in [1.29, 1.82) is 0 Å². The van der Waals surface area contributed by atoms with Crippen molar-refractivity contribution in [1.82, 2.24) is 10.2 Å². The Kier molecular flexibility index (Phi) is 8.05. The van der Waals surface area contributed by atoms with Gasteiger partial charge in [0.2, 0.25) is 5.91 Å². The van der Waals surface area contributed by atoms with E-state index in [4.69, 9.17) is 4.74 Å². The molecule has 0 aliphatic rings. The minimum absolute atomic E-state index is 0.0552. The van der Waals surface area contributed by atoms with Crippen LogP contribution in [0.3, 0.4) is 0 Å². The largest absolute Gasteiger partial charge is 0.449 e. The summed E-state index contributed by atoms with van der Waals surface area (Å²) in [5, 5.41) is 2.57. The van der Waals surface area contributed by atoms with Crippen LogP contribution in [0.5, 0.6) is 0 Å². The Morgan fingerprint density at radius 2 is 2.00 bits per heavy atom. The topological polar surface area (TPSA) is 75.7 Å². The van der Waals surface area contributed by atoms with Crippen molar-refractivity contribution < 1.29 is 19.1 Å². The van der Waals surface area contributed by atoms with Crippen LogP contribution in [0.2, 0.25) is 0 Å². The van der Waals surface area contributed by atoms with Crippen LogP contribution in [0.4, 0.5) is 0 Å². The van der Waals surface area contributed by atoms with E-state index in [1.807, 2.05) is 0 Å². The molecule has 0 saturated carbocycles. The van der Waals surface area contributed by atoms with Gasteiger partial charge in [0, 0.05) is 25.5 Å². The van der Waals surface area contributed by atoms with Crippen molar-refractivity contribution in [3.8, 4) is 0 Å². The summed E-state index contributed by atoms with van der Waals surface area (Å²) in [7, 11) is 3.35. The van der Waals surface area contributed by atoms with Crippen LogP contribution >= 0.6 is 11.8 Å². The van der Waals surface area contributed by atoms with E-state index < -0.39 is 18.0 Å². The average Bonchev–Trinajstić information content (AvgIpc) is 2.57. The lowest BCUT2D eigenvalue weighted by Gasteiger charge is -2.15. The standard InChI is InChI=1S/C17H22N2O4S/c1-5-10-18-16(21)12(2)23-17(22)13-8-6-7-9-14(13)24-11-15(20)19(3)4/h5-9,12H,1,10-11H2,2-4H3,(H,18,21)/t12-/m1/s1. The second-order valence-electron chi connectivity index (χ2n) is 5.15. The summed E-state index contributed by atoms with van der Waals surface area (Å²) >= 11 is 1.26. The van der Waals surface area contributed by atoms with E-state index in [0.29, 0.717) is 17.0 Å². The molecule has 7 heteroatoms. The molecular formula is C17H22N2O4S. The van der Waals surface area contributed by atoms with Gasteiger partial charge < -0.3 is 15.0 Å². The van der Waals surface area contributed by atoms with E-state index in [1.165, 1.54) is 23.6 Å². The van der Waals surface area contributed by atoms with Crippen LogP contribution in [0.1, 0.15) is 17.3 Å². The molecule has 1 N–H and O–H groups in total. The summed E-state index contributed by atoms with van der Waals surface area (Å²) in [5.41, 5.74) is 0.331. The van der Waals surface area contributed by atoms with Gasteiger partial charge in [0.05, 0.1) is 11.3 Å². The Balaban J connectivity index is 2.75. The third-order valence-electron chi connectivity index (χ3n) is 3.03. The molecule has 1 aromatic rings. The summed E-state index contributed by atoms with van der Waals surface area (Å²) in [6.45, 7) is 5.31. The van der Waals surface area contributed by atoms with Gasteiger partial charge in [-0.3, -0.25) is 9.59 Å². The summed E-state index contributed by atoms with van der Waals surface area (Å²) < 4.78 is 5.20. The quantitative estimate of drug-likeness (QED) is 0.439. The highest BCUT2D eigenvalue weighted by Gasteiger charge is 2.20. The van der Waals surface area contributed by atoms with Crippen LogP contribution in [0.15, 0.2) is 41.8 Å². The van der Waals surface area contributed by atoms with Gasteiger partial charge in [0.25, 0.3) is 5.91 Å². The Morgan fingerprint density at radius 1 is 1.33 bits per heavy atom. The number of hydrogen-bond acceptors (Lipinski definition) is 5. The first-order valence-corrected chi connectivity index (χ1v) is 8.37. The van der Waals surface area contributed by atoms with Crippen molar-refractivity contribution in [3.63, 3.8) is 0 Å². The number of nitrogens with one attached hydrogen (secondary N) is 1. The molecule has 24 heavy (non-hydrogen) atoms. The highest BCUT2D eigenvalue weighted by atomic mass is 32.2. The third kappa shape index (κ3) is 6.08. The number of nitrogens with zero attached hydrogens (tertiary/aromatic N) is 1. The lowest BCUT2D eigenvalue weighted by Crippen LogP contribution is -2.35. The predicted molar refractivity (Wildman–Crippen MR) is 93.9 cm³/mol. The van der Waals surface area contributed by atoms with Crippen LogP contribution in [0, 0.1) is 0 Å². The molecule has 0 aliphatic carbocycles. The number of esters is 1. The zero-order valence-corrected chi connectivity index (χ0v) is 14.9. The normalized spacial score (nSPS) is 11.3. The first-order valence-electron chi connectivity index (χ1n) is 7.38. The Morgan fingerprint density at radius 3 is 2.62 bits per heavy atom. The first-order chi connectivity index (χ1) is 11.4. The molecule has 1 atom stereocenters. The van der Waals surface area contributed by atoms with E-state index in [9.17, 15) is 14.4 Å². The van der Waals surface area contributed by atoms with E-state index in [1.54, 1.807) is 44.4 Å². The van der Waals surface area contributed by atoms with Crippen LogP contribution in [0.25, 0.3) is 0 Å². The number of rotatable bonds is 8. The van der Waals surface area contributed by atoms with Crippen molar-refractivity contribution in [2.45, 2.75) is 17.9 Å². The number of ether oxygens (including phenoxy) is 1. The van der Waals surface area contributed by atoms with E-state index in [2.05, 4.69) is 11.9 Å². The maximum atomic E-state index is 12.3. The second kappa shape index (κ2) is 9.77. The summed E-state index contributed by atoms with van der Waals surface area (Å²) in [6, 6.07) is 6.84. The number of carbonyl (C=O) groups excluding carboxylic acids is 3. The van der Waals surface area contributed by atoms with Gasteiger partial charge in [-0.05, 0) is 19.1 Å². The van der Waals surface area contributed by atoms with Crippen molar-refractivity contribution >= 4 is 29.5 Å². The summed E-state index contributed by atoms with van der Waals surface area (Å²) in [4.78, 5) is 37.9. The smallest absolute Gasteiger partial charge is 0.340 e. The molecule has 1 rings (SSSR count). The zero-order valence-electron chi connectivity index (χ0n) is 14.1. The Labute approximate surface area is 146 Å². The van der Waals surface area contributed by atoms with Gasteiger partial charge >= 0.3 is 5.97 Å². The summed E-state index contributed by atoms with van der Waals surface area (Å²) in [6.07, 6.45) is 0.624. The minimum Gasteiger partial charge on any atom is -0.449 e. The van der Waals surface area contributed by atoms with Crippen molar-refractivity contribution in [2.24, 2.45) is 0 Å². The molecule has 0 fully saturated rings. The minimum atomic E-state index is -0.918. The maximum absolute atomic E-state index is 12.3. The number of thioether (sulfide) groups is 1. The van der Waals surface area contributed by atoms with E-state index in [0.717, 1.165) is 0 Å². The Hall–Kier alpha value is -2.28. The zero-order chi connectivity index (χ0) is 18.1. The lowest BCUT2D eigenvalue weighted by molar-refractivity contribution is -0.128. The van der Waals surface area contributed by atoms with Crippen LogP contribution in [-0.2, 0) is 14.3 Å². The van der Waals surface area contributed by atoms with Gasteiger partial charge in [-0.2, -0.15) is 0 Å². The van der Waals surface area contributed by atoms with Crippen LogP contribution in [-0.4, -0.2) is 55.2 Å². The van der Waals surface area contributed by atoms with Gasteiger partial charge in [-0.15, -0.1) is 18.3 Å². The molecule has 0 saturated heterocycles. The molecule has 0 radical (unpaired) electrons. The molecule has 0 bridgehead atoms. The molecule has 6 nitrogen and oxygen atoms in total. The Bertz CT molecular complexity index is 616. The average molecular weight is 350 g/mol. The molecule has 0 spiro atoms. The van der Waals surface area contributed by atoms with Gasteiger partial charge in [0.15, 0.2) is 6.10 Å². The fourth-order valence-electron chi connectivity index (χ4n) is 1.62. The predicted octanol–water partition coefficient (Wildman–Crippen LogP) is 1.71. The first kappa shape index (κ1) is 19.8. The number of carbonyl (C=O) groups is 3. The highest BCUT2D eigenvalue weighted by molar-refractivity contribution is 8.00. The molecule has 130 valence electrons. The highest BCUT2D eigenvalue weighted by Crippen LogP contribution is 2.24. The van der Waals surface area contributed by atoms with Gasteiger partial charge in [0.1, 0.15) is 0 Å². The lowest BCUT2D eigenvalue weighted by atomic mass is 10.2. The fourth-order valence-corrected chi connectivity index (χ4v) is 2.64. The number of hydrogen-bond donors (Lipinski definition) is 1. The molecular weight excluding hydrogens is 328 g/mol. The summed E-state index contributed by atoms with van der Waals surface area (Å²) in [5.74, 6) is -0.833. The van der Waals surface area contributed by atoms with Gasteiger partial charge in [-0.25, -0.2) is 4.79 Å². The monoisotopic (exact) mass is 350 g/mol. The van der Waals surface area contributed by atoms with Crippen LogP contribution < -0.4 is 5.32 Å². The third-order valence-corrected chi connectivity index (χ3v) is 4.09. The maximum Gasteiger partial charge on any atom is 0.340 e. The molecule has 1 aromatic carbocycles. The SMILES string of the molecule is C=CCNC(=O)[C@@H](C)OC(=O)c1ccccc1SCC(=O)N(C)C. The van der Waals surface area contributed by atoms with Crippen molar-refractivity contribution in [2.75, 3.05) is 26.4 Å². The molecule has 0 unspecified atom stereocenters. The van der Waals surface area contributed by atoms with E-state index >= 15 is 0 Å². The molecule has 2 amide bonds. The molecule has 0 heterocycles. The van der Waals surface area contributed by atoms with Gasteiger partial charge in [-0.1, -0.05) is 18.2 Å². The fraction of sp³-hybridized carbons (Fsp3) is 0.353. The molecule has 0 aliphatic heterocycles. The van der Waals surface area contributed by atoms with Crippen molar-refractivity contribution in [3.05, 3.63) is 42.5 Å². The second-order valence-corrected chi connectivity index (χ2v) is 6.17. The number of amides is 2.